The third kappa shape index (κ3) is 2.11. The predicted molar refractivity (Wildman–Crippen MR) is 43.9 cm³/mol. The number of aromatic carboxylic acids is 1. The Hall–Kier alpha value is -2.20. The van der Waals surface area contributed by atoms with Crippen LogP contribution in [0.2, 0.25) is 0 Å². The summed E-state index contributed by atoms with van der Waals surface area (Å²) < 4.78 is 0. The van der Waals surface area contributed by atoms with Crippen LogP contribution in [-0.4, -0.2) is 16.2 Å². The Balaban J connectivity index is 3.26. The van der Waals surface area contributed by atoms with Gasteiger partial charge in [0.15, 0.2) is 0 Å². The molecule has 66 valence electrons. The van der Waals surface area contributed by atoms with Crippen LogP contribution in [0.25, 0.3) is 10.4 Å². The summed E-state index contributed by atoms with van der Waals surface area (Å²) in [6.07, 6.45) is 0. The molecule has 0 fully saturated rings. The molecule has 0 saturated carbocycles. The number of carboxylic acids is 1. The van der Waals surface area contributed by atoms with E-state index in [-0.39, 0.29) is 17.0 Å². The second-order valence-corrected chi connectivity index (χ2v) is 2.23. The topological polar surface area (TPSA) is 106 Å². The molecule has 0 aromatic heterocycles. The lowest BCUT2D eigenvalue weighted by Gasteiger charge is -1.97. The second-order valence-electron chi connectivity index (χ2n) is 2.23. The highest BCUT2D eigenvalue weighted by Crippen LogP contribution is 2.22. The molecule has 1 rings (SSSR count). The van der Waals surface area contributed by atoms with Gasteiger partial charge >= 0.3 is 5.97 Å². The molecule has 0 spiro atoms. The van der Waals surface area contributed by atoms with Crippen molar-refractivity contribution in [2.24, 2.45) is 5.11 Å². The summed E-state index contributed by atoms with van der Waals surface area (Å²) in [5.41, 5.74) is 8.02. The minimum absolute atomic E-state index is 0.0694. The summed E-state index contributed by atoms with van der Waals surface area (Å²) >= 11 is 0. The molecule has 0 unspecified atom stereocenters. The predicted octanol–water partition coefficient (Wildman–Crippen LogP) is 2.03. The van der Waals surface area contributed by atoms with Gasteiger partial charge in [0.2, 0.25) is 0 Å². The Bertz CT molecular complexity index is 376. The number of carboxylic acid groups (broad SMARTS) is 1. The van der Waals surface area contributed by atoms with Crippen LogP contribution in [0.3, 0.4) is 0 Å². The fourth-order valence-corrected chi connectivity index (χ4v) is 0.828. The van der Waals surface area contributed by atoms with E-state index in [4.69, 9.17) is 15.7 Å². The summed E-state index contributed by atoms with van der Waals surface area (Å²) in [5, 5.41) is 20.7. The van der Waals surface area contributed by atoms with Gasteiger partial charge in [-0.25, -0.2) is 4.79 Å². The summed E-state index contributed by atoms with van der Waals surface area (Å²) in [7, 11) is 0. The Labute approximate surface area is 72.7 Å². The van der Waals surface area contributed by atoms with E-state index in [2.05, 4.69) is 10.0 Å². The summed E-state index contributed by atoms with van der Waals surface area (Å²) in [6, 6.07) is 3.41. The molecule has 0 aliphatic rings. The molecule has 0 atom stereocenters. The average molecular weight is 179 g/mol. The zero-order chi connectivity index (χ0) is 9.84. The number of carbonyl (C=O) groups is 1. The van der Waals surface area contributed by atoms with Gasteiger partial charge in [0.25, 0.3) is 0 Å². The van der Waals surface area contributed by atoms with Gasteiger partial charge in [-0.2, -0.15) is 0 Å². The van der Waals surface area contributed by atoms with Crippen LogP contribution in [0, 0.1) is 0 Å². The molecule has 0 radical (unpaired) electrons. The van der Waals surface area contributed by atoms with Crippen molar-refractivity contribution in [2.75, 3.05) is 0 Å². The smallest absolute Gasteiger partial charge is 0.335 e. The van der Waals surface area contributed by atoms with Crippen molar-refractivity contribution in [3.05, 3.63) is 34.2 Å². The normalized spacial score (nSPS) is 8.92. The van der Waals surface area contributed by atoms with E-state index in [0.717, 1.165) is 6.07 Å². The number of rotatable bonds is 2. The van der Waals surface area contributed by atoms with Crippen LogP contribution in [0.1, 0.15) is 10.4 Å². The molecule has 1 aromatic rings. The molecule has 0 saturated heterocycles. The number of benzene rings is 1. The van der Waals surface area contributed by atoms with E-state index in [1.165, 1.54) is 12.1 Å². The summed E-state index contributed by atoms with van der Waals surface area (Å²) in [6.45, 7) is 0. The summed E-state index contributed by atoms with van der Waals surface area (Å²) in [4.78, 5) is 12.9. The molecule has 1 aromatic carbocycles. The first-order chi connectivity index (χ1) is 6.13. The molecular weight excluding hydrogens is 174 g/mol. The lowest BCUT2D eigenvalue weighted by Crippen LogP contribution is -1.94. The van der Waals surface area contributed by atoms with Gasteiger partial charge in [-0.1, -0.05) is 5.11 Å². The van der Waals surface area contributed by atoms with Crippen molar-refractivity contribution in [1.29, 1.82) is 0 Å². The van der Waals surface area contributed by atoms with Gasteiger partial charge in [0.1, 0.15) is 5.75 Å². The number of aromatic hydroxyl groups is 1. The van der Waals surface area contributed by atoms with Gasteiger partial charge < -0.3 is 10.2 Å². The van der Waals surface area contributed by atoms with Crippen LogP contribution in [0.15, 0.2) is 23.3 Å². The van der Waals surface area contributed by atoms with Gasteiger partial charge in [-0.15, -0.1) is 0 Å². The highest BCUT2D eigenvalue weighted by atomic mass is 16.4. The lowest BCUT2D eigenvalue weighted by molar-refractivity contribution is 0.0696. The fraction of sp³-hybridized carbons (Fsp3) is 0. The number of hydrogen-bond acceptors (Lipinski definition) is 3. The van der Waals surface area contributed by atoms with Crippen molar-refractivity contribution in [1.82, 2.24) is 0 Å². The number of phenolic OH excluding ortho intramolecular Hbond substituents is 1. The molecule has 13 heavy (non-hydrogen) atoms. The number of nitrogens with zero attached hydrogens (tertiary/aromatic N) is 3. The summed E-state index contributed by atoms with van der Waals surface area (Å²) in [5.74, 6) is -1.44. The van der Waals surface area contributed by atoms with Gasteiger partial charge in [-0.3, -0.25) is 0 Å². The Kier molecular flexibility index (Phi) is 2.37. The van der Waals surface area contributed by atoms with Gasteiger partial charge in [0.05, 0.1) is 5.56 Å². The van der Waals surface area contributed by atoms with Crippen molar-refractivity contribution in [3.63, 3.8) is 0 Å². The van der Waals surface area contributed by atoms with E-state index in [9.17, 15) is 4.79 Å². The van der Waals surface area contributed by atoms with Crippen LogP contribution in [0.4, 0.5) is 5.69 Å². The highest BCUT2D eigenvalue weighted by molar-refractivity contribution is 5.89. The first-order valence-corrected chi connectivity index (χ1v) is 3.26. The van der Waals surface area contributed by atoms with Crippen molar-refractivity contribution in [2.45, 2.75) is 0 Å². The van der Waals surface area contributed by atoms with Crippen LogP contribution >= 0.6 is 0 Å². The third-order valence-corrected chi connectivity index (χ3v) is 1.31. The van der Waals surface area contributed by atoms with Crippen LogP contribution < -0.4 is 0 Å². The zero-order valence-electron chi connectivity index (χ0n) is 6.38. The Morgan fingerprint density at radius 3 is 2.69 bits per heavy atom. The fourth-order valence-electron chi connectivity index (χ4n) is 0.828. The molecule has 0 heterocycles. The minimum Gasteiger partial charge on any atom is -0.508 e. The molecule has 0 bridgehead atoms. The molecule has 0 aliphatic carbocycles. The van der Waals surface area contributed by atoms with E-state index < -0.39 is 5.97 Å². The standard InChI is InChI=1S/C7H5N3O3/c8-10-9-5-1-4(7(12)13)2-6(11)3-5/h1-3,11H,(H,12,13). The van der Waals surface area contributed by atoms with E-state index in [1.54, 1.807) is 0 Å². The highest BCUT2D eigenvalue weighted by Gasteiger charge is 2.05. The maximum atomic E-state index is 10.5. The SMILES string of the molecule is [N-]=[N+]=Nc1cc(O)cc(C(=O)O)c1. The van der Waals surface area contributed by atoms with Crippen LogP contribution in [-0.2, 0) is 0 Å². The van der Waals surface area contributed by atoms with Crippen molar-refractivity contribution < 1.29 is 15.0 Å². The molecule has 0 aliphatic heterocycles. The quantitative estimate of drug-likeness (QED) is 0.412. The lowest BCUT2D eigenvalue weighted by atomic mass is 10.2. The maximum absolute atomic E-state index is 10.5. The van der Waals surface area contributed by atoms with Gasteiger partial charge in [-0.05, 0) is 23.7 Å². The first kappa shape index (κ1) is 8.89. The first-order valence-electron chi connectivity index (χ1n) is 3.26. The molecule has 6 nitrogen and oxygen atoms in total. The largest absolute Gasteiger partial charge is 0.508 e. The van der Waals surface area contributed by atoms with Crippen molar-refractivity contribution in [3.8, 4) is 5.75 Å². The number of phenols is 1. The molecule has 6 heteroatoms. The average Bonchev–Trinajstić information content (AvgIpc) is 2.03. The Morgan fingerprint density at radius 1 is 1.46 bits per heavy atom. The number of hydrogen-bond donors (Lipinski definition) is 2. The zero-order valence-corrected chi connectivity index (χ0v) is 6.38. The van der Waals surface area contributed by atoms with E-state index in [0.29, 0.717) is 0 Å². The number of azide groups is 1. The van der Waals surface area contributed by atoms with E-state index >= 15 is 0 Å². The molecular formula is C7H5N3O3. The maximum Gasteiger partial charge on any atom is 0.335 e. The molecule has 0 amide bonds. The minimum atomic E-state index is -1.19. The Morgan fingerprint density at radius 2 is 2.15 bits per heavy atom. The van der Waals surface area contributed by atoms with E-state index in [1.807, 2.05) is 0 Å². The molecule has 2 N–H and O–H groups in total. The monoisotopic (exact) mass is 179 g/mol. The third-order valence-electron chi connectivity index (χ3n) is 1.31. The second kappa shape index (κ2) is 3.46. The van der Waals surface area contributed by atoms with Gasteiger partial charge in [0, 0.05) is 10.6 Å². The van der Waals surface area contributed by atoms with Crippen molar-refractivity contribution >= 4 is 11.7 Å². The van der Waals surface area contributed by atoms with Crippen LogP contribution in [0.5, 0.6) is 5.75 Å².